The van der Waals surface area contributed by atoms with E-state index >= 15 is 0 Å². The highest BCUT2D eigenvalue weighted by atomic mass is 19.1. The summed E-state index contributed by atoms with van der Waals surface area (Å²) in [5.41, 5.74) is 0. The maximum Gasteiger partial charge on any atom is 0.225 e. The quantitative estimate of drug-likeness (QED) is 0.893. The Morgan fingerprint density at radius 3 is 2.81 bits per heavy atom. The molecule has 2 fully saturated rings. The molecule has 0 aromatic carbocycles. The lowest BCUT2D eigenvalue weighted by Crippen LogP contribution is -2.45. The summed E-state index contributed by atoms with van der Waals surface area (Å²) in [6, 6.07) is 0.507. The van der Waals surface area contributed by atoms with E-state index in [0.717, 1.165) is 19.7 Å². The van der Waals surface area contributed by atoms with E-state index in [9.17, 15) is 4.39 Å². The van der Waals surface area contributed by atoms with Crippen molar-refractivity contribution in [3.8, 4) is 0 Å². The first-order valence-electron chi connectivity index (χ1n) is 7.43. The van der Waals surface area contributed by atoms with E-state index in [2.05, 4.69) is 20.2 Å². The molecule has 0 bridgehead atoms. The maximum atomic E-state index is 13.6. The average molecular weight is 295 g/mol. The van der Waals surface area contributed by atoms with E-state index in [1.54, 1.807) is 19.0 Å². The van der Waals surface area contributed by atoms with E-state index in [4.69, 9.17) is 4.74 Å². The van der Waals surface area contributed by atoms with E-state index in [0.29, 0.717) is 24.4 Å². The summed E-state index contributed by atoms with van der Waals surface area (Å²) in [5, 5.41) is 3.31. The van der Waals surface area contributed by atoms with Crippen molar-refractivity contribution in [2.75, 3.05) is 50.6 Å². The molecular weight excluding hydrogens is 273 g/mol. The normalized spacial score (nSPS) is 26.2. The van der Waals surface area contributed by atoms with Crippen LogP contribution in [0.1, 0.15) is 12.8 Å². The van der Waals surface area contributed by atoms with Crippen molar-refractivity contribution in [2.45, 2.75) is 24.9 Å². The molecule has 0 amide bonds. The van der Waals surface area contributed by atoms with Gasteiger partial charge in [-0.1, -0.05) is 0 Å². The van der Waals surface area contributed by atoms with Gasteiger partial charge in [0.1, 0.15) is 0 Å². The van der Waals surface area contributed by atoms with Gasteiger partial charge in [0.25, 0.3) is 0 Å². The van der Waals surface area contributed by atoms with Crippen LogP contribution in [-0.2, 0) is 4.74 Å². The van der Waals surface area contributed by atoms with Gasteiger partial charge >= 0.3 is 0 Å². The van der Waals surface area contributed by atoms with Crippen molar-refractivity contribution in [1.29, 1.82) is 0 Å². The zero-order valence-corrected chi connectivity index (χ0v) is 12.5. The smallest absolute Gasteiger partial charge is 0.225 e. The Labute approximate surface area is 124 Å². The zero-order chi connectivity index (χ0) is 14.8. The first kappa shape index (κ1) is 14.5. The molecule has 2 saturated heterocycles. The molecule has 1 N–H and O–H groups in total. The molecule has 0 unspecified atom stereocenters. The standard InChI is InChI=1S/C14H22FN5O/c1-19(2)13-10(15)7-16-14(18-13)17-11-8-21-9-12(11)20-5-3-4-6-20/h7,11-12H,3-6,8-9H2,1-2H3,(H,16,17,18)/t11-,12-/m0/s1. The van der Waals surface area contributed by atoms with Gasteiger partial charge in [0.05, 0.1) is 31.5 Å². The molecule has 6 nitrogen and oxygen atoms in total. The van der Waals surface area contributed by atoms with Gasteiger partial charge in [0, 0.05) is 14.1 Å². The van der Waals surface area contributed by atoms with Crippen LogP contribution in [0, 0.1) is 5.82 Å². The second-order valence-corrected chi connectivity index (χ2v) is 5.86. The van der Waals surface area contributed by atoms with Crippen LogP contribution in [-0.4, -0.2) is 67.4 Å². The largest absolute Gasteiger partial charge is 0.378 e. The van der Waals surface area contributed by atoms with Crippen molar-refractivity contribution >= 4 is 11.8 Å². The first-order valence-corrected chi connectivity index (χ1v) is 7.43. The van der Waals surface area contributed by atoms with Crippen molar-refractivity contribution < 1.29 is 9.13 Å². The molecule has 0 spiro atoms. The van der Waals surface area contributed by atoms with Crippen LogP contribution >= 0.6 is 0 Å². The van der Waals surface area contributed by atoms with Gasteiger partial charge < -0.3 is 15.0 Å². The number of aromatic nitrogens is 2. The summed E-state index contributed by atoms with van der Waals surface area (Å²) in [7, 11) is 3.53. The third kappa shape index (κ3) is 3.08. The van der Waals surface area contributed by atoms with Crippen molar-refractivity contribution in [2.24, 2.45) is 0 Å². The number of nitrogens with zero attached hydrogens (tertiary/aromatic N) is 4. The Kier molecular flexibility index (Phi) is 4.21. The molecule has 1 aromatic heterocycles. The third-order valence-electron chi connectivity index (χ3n) is 4.12. The summed E-state index contributed by atoms with van der Waals surface area (Å²) in [6.45, 7) is 3.62. The second-order valence-electron chi connectivity index (χ2n) is 5.86. The molecule has 7 heteroatoms. The van der Waals surface area contributed by atoms with Crippen LogP contribution < -0.4 is 10.2 Å². The predicted octanol–water partition coefficient (Wildman–Crippen LogP) is 0.957. The van der Waals surface area contributed by atoms with Crippen LogP contribution in [0.3, 0.4) is 0 Å². The number of halogens is 1. The Morgan fingerprint density at radius 1 is 1.33 bits per heavy atom. The first-order chi connectivity index (χ1) is 10.1. The number of hydrogen-bond acceptors (Lipinski definition) is 6. The van der Waals surface area contributed by atoms with E-state index in [1.807, 2.05) is 0 Å². The fourth-order valence-corrected chi connectivity index (χ4v) is 3.02. The number of hydrogen-bond donors (Lipinski definition) is 1. The summed E-state index contributed by atoms with van der Waals surface area (Å²) >= 11 is 0. The lowest BCUT2D eigenvalue weighted by Gasteiger charge is -2.28. The lowest BCUT2D eigenvalue weighted by atomic mass is 10.1. The average Bonchev–Trinajstić information content (AvgIpc) is 3.11. The molecule has 2 aliphatic rings. The number of likely N-dealkylation sites (tertiary alicyclic amines) is 1. The summed E-state index contributed by atoms with van der Waals surface area (Å²) < 4.78 is 19.2. The summed E-state index contributed by atoms with van der Waals surface area (Å²) in [5.74, 6) is 0.341. The monoisotopic (exact) mass is 295 g/mol. The number of nitrogens with one attached hydrogen (secondary N) is 1. The molecule has 3 heterocycles. The number of anilines is 2. The van der Waals surface area contributed by atoms with E-state index < -0.39 is 5.82 Å². The van der Waals surface area contributed by atoms with Gasteiger partial charge in [-0.15, -0.1) is 0 Å². The van der Waals surface area contributed by atoms with E-state index in [1.165, 1.54) is 19.0 Å². The zero-order valence-electron chi connectivity index (χ0n) is 12.5. The van der Waals surface area contributed by atoms with Gasteiger partial charge in [-0.2, -0.15) is 4.98 Å². The fourth-order valence-electron chi connectivity index (χ4n) is 3.02. The molecule has 2 aliphatic heterocycles. The van der Waals surface area contributed by atoms with Crippen LogP contribution in [0.2, 0.25) is 0 Å². The fraction of sp³-hybridized carbons (Fsp3) is 0.714. The molecule has 116 valence electrons. The summed E-state index contributed by atoms with van der Waals surface area (Å²) in [6.07, 6.45) is 3.72. The Bertz CT molecular complexity index is 492. The molecular formula is C14H22FN5O. The number of rotatable bonds is 4. The van der Waals surface area contributed by atoms with Crippen LogP contribution in [0.15, 0.2) is 6.20 Å². The molecule has 0 saturated carbocycles. The summed E-state index contributed by atoms with van der Waals surface area (Å²) in [4.78, 5) is 12.4. The highest BCUT2D eigenvalue weighted by Crippen LogP contribution is 2.22. The highest BCUT2D eigenvalue weighted by Gasteiger charge is 2.34. The molecule has 1 aromatic rings. The molecule has 0 aliphatic carbocycles. The van der Waals surface area contributed by atoms with Gasteiger partial charge in [-0.05, 0) is 25.9 Å². The van der Waals surface area contributed by atoms with Crippen LogP contribution in [0.4, 0.5) is 16.2 Å². The van der Waals surface area contributed by atoms with Gasteiger partial charge in [-0.25, -0.2) is 9.37 Å². The lowest BCUT2D eigenvalue weighted by molar-refractivity contribution is 0.159. The molecule has 21 heavy (non-hydrogen) atoms. The van der Waals surface area contributed by atoms with Crippen molar-refractivity contribution in [3.05, 3.63) is 12.0 Å². The Balaban J connectivity index is 1.71. The van der Waals surface area contributed by atoms with Crippen LogP contribution in [0.5, 0.6) is 0 Å². The van der Waals surface area contributed by atoms with Crippen molar-refractivity contribution in [1.82, 2.24) is 14.9 Å². The molecule has 0 radical (unpaired) electrons. The minimum atomic E-state index is -0.413. The van der Waals surface area contributed by atoms with Gasteiger partial charge in [-0.3, -0.25) is 4.90 Å². The van der Waals surface area contributed by atoms with Crippen molar-refractivity contribution in [3.63, 3.8) is 0 Å². The number of ether oxygens (including phenoxy) is 1. The Morgan fingerprint density at radius 2 is 2.10 bits per heavy atom. The predicted molar refractivity (Wildman–Crippen MR) is 79.1 cm³/mol. The Hall–Kier alpha value is -1.47. The van der Waals surface area contributed by atoms with Gasteiger partial charge in [0.2, 0.25) is 5.95 Å². The topological polar surface area (TPSA) is 53.5 Å². The van der Waals surface area contributed by atoms with E-state index in [-0.39, 0.29) is 6.04 Å². The van der Waals surface area contributed by atoms with Crippen LogP contribution in [0.25, 0.3) is 0 Å². The highest BCUT2D eigenvalue weighted by molar-refractivity contribution is 5.43. The second kappa shape index (κ2) is 6.11. The molecule has 3 rings (SSSR count). The minimum absolute atomic E-state index is 0.156. The van der Waals surface area contributed by atoms with Gasteiger partial charge in [0.15, 0.2) is 11.6 Å². The SMILES string of the molecule is CN(C)c1nc(N[C@H]2COC[C@@H]2N2CCCC2)ncc1F. The maximum absolute atomic E-state index is 13.6. The molecule has 2 atom stereocenters. The minimum Gasteiger partial charge on any atom is -0.378 e. The third-order valence-corrected chi connectivity index (χ3v) is 4.12.